The quantitative estimate of drug-likeness (QED) is 0.614. The summed E-state index contributed by atoms with van der Waals surface area (Å²) in [5.74, 6) is -0.0688. The molecule has 4 nitrogen and oxygen atoms in total. The van der Waals surface area contributed by atoms with E-state index in [0.29, 0.717) is 35.8 Å². The first-order valence-corrected chi connectivity index (χ1v) is 5.55. The molecule has 0 aliphatic heterocycles. The monoisotopic (exact) mass is 242 g/mol. The van der Waals surface area contributed by atoms with Crippen LogP contribution in [0.15, 0.2) is 12.1 Å². The third-order valence-electron chi connectivity index (χ3n) is 2.14. The molecule has 1 aromatic heterocycles. The van der Waals surface area contributed by atoms with Crippen LogP contribution in [0.5, 0.6) is 0 Å². The number of aromatic nitrogens is 1. The first-order chi connectivity index (χ1) is 7.63. The first kappa shape index (κ1) is 12.9. The molecule has 0 aliphatic rings. The van der Waals surface area contributed by atoms with Crippen molar-refractivity contribution < 1.29 is 9.90 Å². The Labute approximate surface area is 99.6 Å². The fourth-order valence-electron chi connectivity index (χ4n) is 1.27. The average molecular weight is 243 g/mol. The van der Waals surface area contributed by atoms with Gasteiger partial charge in [0.05, 0.1) is 11.4 Å². The van der Waals surface area contributed by atoms with Crippen molar-refractivity contribution in [2.24, 2.45) is 0 Å². The van der Waals surface area contributed by atoms with Crippen molar-refractivity contribution >= 4 is 23.2 Å². The van der Waals surface area contributed by atoms with Crippen molar-refractivity contribution in [1.82, 2.24) is 4.98 Å². The number of hydrogen-bond acceptors (Lipinski definition) is 3. The third kappa shape index (κ3) is 4.16. The lowest BCUT2D eigenvalue weighted by Crippen LogP contribution is -2.12. The van der Waals surface area contributed by atoms with E-state index in [0.717, 1.165) is 0 Å². The van der Waals surface area contributed by atoms with Crippen molar-refractivity contribution in [3.05, 3.63) is 23.0 Å². The van der Waals surface area contributed by atoms with Gasteiger partial charge in [-0.2, -0.15) is 0 Å². The number of nitrogens with one attached hydrogen (secondary N) is 1. The maximum Gasteiger partial charge on any atom is 0.224 e. The van der Waals surface area contributed by atoms with E-state index in [1.165, 1.54) is 0 Å². The molecule has 1 rings (SSSR count). The summed E-state index contributed by atoms with van der Waals surface area (Å²) < 4.78 is 0. The van der Waals surface area contributed by atoms with E-state index in [2.05, 4.69) is 10.3 Å². The lowest BCUT2D eigenvalue weighted by molar-refractivity contribution is -0.116. The number of unbranched alkanes of at least 4 members (excludes halogenated alkanes) is 1. The number of rotatable bonds is 5. The number of carbonyl (C=O) groups excluding carboxylic acids is 1. The average Bonchev–Trinajstić information content (AvgIpc) is 2.23. The second kappa shape index (κ2) is 6.45. The van der Waals surface area contributed by atoms with E-state index < -0.39 is 0 Å². The van der Waals surface area contributed by atoms with Gasteiger partial charge in [0.1, 0.15) is 5.15 Å². The van der Waals surface area contributed by atoms with Gasteiger partial charge < -0.3 is 10.4 Å². The molecular formula is C11H15ClN2O2. The highest BCUT2D eigenvalue weighted by Gasteiger charge is 2.05. The molecule has 1 heterocycles. The van der Waals surface area contributed by atoms with Crippen LogP contribution in [0.25, 0.3) is 0 Å². The third-order valence-corrected chi connectivity index (χ3v) is 2.35. The standard InChI is InChI=1S/C11H15ClN2O2/c1-8-9(5-6-10(12)13-8)14-11(16)4-2-3-7-15/h5-6,15H,2-4,7H2,1H3,(H,14,16). The van der Waals surface area contributed by atoms with E-state index in [1.54, 1.807) is 19.1 Å². The number of carbonyl (C=O) groups is 1. The van der Waals surface area contributed by atoms with E-state index >= 15 is 0 Å². The van der Waals surface area contributed by atoms with Crippen LogP contribution in [0.3, 0.4) is 0 Å². The minimum absolute atomic E-state index is 0.0688. The van der Waals surface area contributed by atoms with Gasteiger partial charge in [-0.25, -0.2) is 4.98 Å². The second-order valence-corrected chi connectivity index (χ2v) is 3.88. The Morgan fingerprint density at radius 2 is 2.25 bits per heavy atom. The number of nitrogens with zero attached hydrogens (tertiary/aromatic N) is 1. The zero-order chi connectivity index (χ0) is 12.0. The SMILES string of the molecule is Cc1nc(Cl)ccc1NC(=O)CCCCO. The molecule has 88 valence electrons. The van der Waals surface area contributed by atoms with E-state index in [-0.39, 0.29) is 12.5 Å². The number of aryl methyl sites for hydroxylation is 1. The van der Waals surface area contributed by atoms with Gasteiger partial charge in [-0.3, -0.25) is 4.79 Å². The summed E-state index contributed by atoms with van der Waals surface area (Å²) in [7, 11) is 0. The molecule has 0 saturated carbocycles. The van der Waals surface area contributed by atoms with Crippen LogP contribution in [0.2, 0.25) is 5.15 Å². The highest BCUT2D eigenvalue weighted by molar-refractivity contribution is 6.29. The molecule has 0 spiro atoms. The molecule has 16 heavy (non-hydrogen) atoms. The molecular weight excluding hydrogens is 228 g/mol. The van der Waals surface area contributed by atoms with Gasteiger partial charge in [0.15, 0.2) is 0 Å². The van der Waals surface area contributed by atoms with Crippen LogP contribution in [0, 0.1) is 6.92 Å². The molecule has 0 aliphatic carbocycles. The molecule has 0 fully saturated rings. The number of halogens is 1. The highest BCUT2D eigenvalue weighted by atomic mass is 35.5. The Kier molecular flexibility index (Phi) is 5.22. The Hall–Kier alpha value is -1.13. The predicted octanol–water partition coefficient (Wildman–Crippen LogP) is 2.14. The lowest BCUT2D eigenvalue weighted by atomic mass is 10.2. The Balaban J connectivity index is 2.49. The van der Waals surface area contributed by atoms with Gasteiger partial charge >= 0.3 is 0 Å². The summed E-state index contributed by atoms with van der Waals surface area (Å²) in [4.78, 5) is 15.5. The van der Waals surface area contributed by atoms with E-state index in [9.17, 15) is 4.79 Å². The first-order valence-electron chi connectivity index (χ1n) is 5.17. The smallest absolute Gasteiger partial charge is 0.224 e. The number of aliphatic hydroxyl groups excluding tert-OH is 1. The van der Waals surface area contributed by atoms with Gasteiger partial charge in [0.2, 0.25) is 5.91 Å². The number of anilines is 1. The number of hydrogen-bond donors (Lipinski definition) is 2. The minimum Gasteiger partial charge on any atom is -0.396 e. The molecule has 0 bridgehead atoms. The van der Waals surface area contributed by atoms with Crippen LogP contribution in [-0.4, -0.2) is 22.6 Å². The normalized spacial score (nSPS) is 10.2. The summed E-state index contributed by atoms with van der Waals surface area (Å²) in [6, 6.07) is 3.37. The number of pyridine rings is 1. The van der Waals surface area contributed by atoms with Gasteiger partial charge in [-0.1, -0.05) is 11.6 Å². The Morgan fingerprint density at radius 1 is 1.50 bits per heavy atom. The van der Waals surface area contributed by atoms with Crippen LogP contribution < -0.4 is 5.32 Å². The van der Waals surface area contributed by atoms with Gasteiger partial charge in [-0.05, 0) is 31.9 Å². The maximum atomic E-state index is 11.5. The molecule has 0 unspecified atom stereocenters. The summed E-state index contributed by atoms with van der Waals surface area (Å²) in [6.45, 7) is 1.91. The molecule has 0 atom stereocenters. The molecule has 0 saturated heterocycles. The van der Waals surface area contributed by atoms with Crippen LogP contribution in [0.4, 0.5) is 5.69 Å². The van der Waals surface area contributed by atoms with E-state index in [4.69, 9.17) is 16.7 Å². The predicted molar refractivity (Wildman–Crippen MR) is 63.6 cm³/mol. The van der Waals surface area contributed by atoms with Crippen molar-refractivity contribution in [3.63, 3.8) is 0 Å². The van der Waals surface area contributed by atoms with Crippen molar-refractivity contribution in [3.8, 4) is 0 Å². The zero-order valence-electron chi connectivity index (χ0n) is 9.16. The van der Waals surface area contributed by atoms with Crippen LogP contribution in [0.1, 0.15) is 25.0 Å². The molecule has 5 heteroatoms. The summed E-state index contributed by atoms with van der Waals surface area (Å²) in [5, 5.41) is 11.8. The van der Waals surface area contributed by atoms with Crippen molar-refractivity contribution in [2.75, 3.05) is 11.9 Å². The maximum absolute atomic E-state index is 11.5. The van der Waals surface area contributed by atoms with Gasteiger partial charge in [0.25, 0.3) is 0 Å². The largest absolute Gasteiger partial charge is 0.396 e. The Bertz CT molecular complexity index is 369. The molecule has 1 amide bonds. The topological polar surface area (TPSA) is 62.2 Å². The number of amides is 1. The van der Waals surface area contributed by atoms with Gasteiger partial charge in [0, 0.05) is 13.0 Å². The summed E-state index contributed by atoms with van der Waals surface area (Å²) in [6.07, 6.45) is 1.73. The lowest BCUT2D eigenvalue weighted by Gasteiger charge is -2.07. The molecule has 1 aromatic rings. The van der Waals surface area contributed by atoms with Crippen molar-refractivity contribution in [2.45, 2.75) is 26.2 Å². The highest BCUT2D eigenvalue weighted by Crippen LogP contribution is 2.16. The van der Waals surface area contributed by atoms with Gasteiger partial charge in [-0.15, -0.1) is 0 Å². The fourth-order valence-corrected chi connectivity index (χ4v) is 1.46. The second-order valence-electron chi connectivity index (χ2n) is 3.50. The zero-order valence-corrected chi connectivity index (χ0v) is 9.92. The van der Waals surface area contributed by atoms with E-state index in [1.807, 2.05) is 0 Å². The van der Waals surface area contributed by atoms with Crippen LogP contribution in [-0.2, 0) is 4.79 Å². The van der Waals surface area contributed by atoms with Crippen molar-refractivity contribution in [1.29, 1.82) is 0 Å². The summed E-state index contributed by atoms with van der Waals surface area (Å²) >= 11 is 5.70. The molecule has 0 aromatic carbocycles. The molecule has 2 N–H and O–H groups in total. The summed E-state index contributed by atoms with van der Waals surface area (Å²) in [5.41, 5.74) is 1.38. The fraction of sp³-hybridized carbons (Fsp3) is 0.455. The molecule has 0 radical (unpaired) electrons. The van der Waals surface area contributed by atoms with Crippen LogP contribution >= 0.6 is 11.6 Å². The minimum atomic E-state index is -0.0688. The number of aliphatic hydroxyl groups is 1. The Morgan fingerprint density at radius 3 is 2.88 bits per heavy atom.